The number of hydrazone groups is 1. The van der Waals surface area contributed by atoms with Crippen molar-refractivity contribution in [3.05, 3.63) is 95.8 Å². The highest BCUT2D eigenvalue weighted by Gasteiger charge is 2.14. The minimum absolute atomic E-state index is 0.327. The number of hydrogen-bond acceptors (Lipinski definition) is 5. The molecule has 0 aliphatic heterocycles. The maximum absolute atomic E-state index is 13.0. The van der Waals surface area contributed by atoms with Gasteiger partial charge in [0.1, 0.15) is 0 Å². The number of rotatable bonds is 4. The molecule has 2 heterocycles. The van der Waals surface area contributed by atoms with Gasteiger partial charge in [0.05, 0.1) is 34.1 Å². The number of para-hydroxylation sites is 1. The molecule has 0 aliphatic carbocycles. The molecule has 4 rings (SSSR count). The summed E-state index contributed by atoms with van der Waals surface area (Å²) in [5, 5.41) is 13.9. The van der Waals surface area contributed by atoms with E-state index in [2.05, 4.69) is 26.6 Å². The van der Waals surface area contributed by atoms with Crippen molar-refractivity contribution in [2.24, 2.45) is 5.10 Å². The van der Waals surface area contributed by atoms with Crippen molar-refractivity contribution < 1.29 is 4.79 Å². The van der Waals surface area contributed by atoms with E-state index in [9.17, 15) is 4.79 Å². The molecule has 0 bridgehead atoms. The van der Waals surface area contributed by atoms with Crippen LogP contribution in [0.3, 0.4) is 0 Å². The molecule has 6 heteroatoms. The van der Waals surface area contributed by atoms with Crippen LogP contribution in [0.5, 0.6) is 0 Å². The lowest BCUT2D eigenvalue weighted by Gasteiger charge is -2.09. The molecule has 4 aromatic rings. The van der Waals surface area contributed by atoms with Crippen molar-refractivity contribution in [3.63, 3.8) is 0 Å². The number of aromatic nitrogens is 2. The molecule has 0 spiro atoms. The van der Waals surface area contributed by atoms with Crippen molar-refractivity contribution in [1.82, 2.24) is 15.4 Å². The van der Waals surface area contributed by atoms with Crippen molar-refractivity contribution in [1.29, 1.82) is 5.26 Å². The van der Waals surface area contributed by atoms with E-state index < -0.39 is 0 Å². The quantitative estimate of drug-likeness (QED) is 0.414. The Morgan fingerprint density at radius 2 is 1.87 bits per heavy atom. The number of fused-ring (bicyclic) bond motifs is 1. The van der Waals surface area contributed by atoms with Gasteiger partial charge in [-0.1, -0.05) is 30.3 Å². The molecule has 0 fully saturated rings. The van der Waals surface area contributed by atoms with Crippen LogP contribution >= 0.6 is 0 Å². The fraction of sp³-hybridized carbons (Fsp3) is 0.0417. The van der Waals surface area contributed by atoms with Crippen LogP contribution < -0.4 is 5.43 Å². The summed E-state index contributed by atoms with van der Waals surface area (Å²) in [6, 6.07) is 22.1. The Kier molecular flexibility index (Phi) is 5.27. The van der Waals surface area contributed by atoms with Gasteiger partial charge in [0, 0.05) is 23.3 Å². The van der Waals surface area contributed by atoms with Gasteiger partial charge in [-0.05, 0) is 48.9 Å². The molecule has 0 unspecified atom stereocenters. The third kappa shape index (κ3) is 3.91. The van der Waals surface area contributed by atoms with Crippen molar-refractivity contribution in [2.45, 2.75) is 6.92 Å². The smallest absolute Gasteiger partial charge is 0.267 e. The molecule has 0 radical (unpaired) electrons. The summed E-state index contributed by atoms with van der Waals surface area (Å²) < 4.78 is 0. The minimum Gasteiger partial charge on any atom is -0.267 e. The zero-order chi connectivity index (χ0) is 20.9. The van der Waals surface area contributed by atoms with Crippen LogP contribution in [-0.2, 0) is 0 Å². The van der Waals surface area contributed by atoms with Gasteiger partial charge < -0.3 is 0 Å². The SMILES string of the molecule is CC(=NNC(=O)c1cc(-c2cccnc2)nc2ccccc12)c1ccc(C#N)cc1. The van der Waals surface area contributed by atoms with Crippen LogP contribution in [-0.4, -0.2) is 21.6 Å². The monoisotopic (exact) mass is 391 g/mol. The van der Waals surface area contributed by atoms with Crippen LogP contribution in [0.2, 0.25) is 0 Å². The van der Waals surface area contributed by atoms with E-state index in [1.54, 1.807) is 49.6 Å². The fourth-order valence-corrected chi connectivity index (χ4v) is 3.07. The molecule has 0 aliphatic rings. The number of amides is 1. The molecule has 0 saturated heterocycles. The van der Waals surface area contributed by atoms with Crippen LogP contribution in [0.25, 0.3) is 22.2 Å². The van der Waals surface area contributed by atoms with E-state index >= 15 is 0 Å². The van der Waals surface area contributed by atoms with Gasteiger partial charge in [0.15, 0.2) is 0 Å². The second-order valence-corrected chi connectivity index (χ2v) is 6.64. The van der Waals surface area contributed by atoms with E-state index in [4.69, 9.17) is 5.26 Å². The predicted octanol–water partition coefficient (Wildman–Crippen LogP) is 4.32. The molecule has 30 heavy (non-hydrogen) atoms. The summed E-state index contributed by atoms with van der Waals surface area (Å²) in [6.07, 6.45) is 3.41. The van der Waals surface area contributed by atoms with E-state index in [1.165, 1.54) is 0 Å². The Labute approximate surface area is 173 Å². The van der Waals surface area contributed by atoms with Gasteiger partial charge in [-0.15, -0.1) is 0 Å². The molecule has 0 saturated carbocycles. The molecule has 6 nitrogen and oxygen atoms in total. The first kappa shape index (κ1) is 19.0. The van der Waals surface area contributed by atoms with Crippen molar-refractivity contribution >= 4 is 22.5 Å². The lowest BCUT2D eigenvalue weighted by Crippen LogP contribution is -2.20. The maximum Gasteiger partial charge on any atom is 0.272 e. The van der Waals surface area contributed by atoms with Gasteiger partial charge >= 0.3 is 0 Å². The Morgan fingerprint density at radius 1 is 1.07 bits per heavy atom. The van der Waals surface area contributed by atoms with Gasteiger partial charge in [0.25, 0.3) is 5.91 Å². The third-order valence-corrected chi connectivity index (χ3v) is 4.68. The molecule has 144 valence electrons. The normalized spacial score (nSPS) is 11.1. The van der Waals surface area contributed by atoms with Gasteiger partial charge in [-0.2, -0.15) is 10.4 Å². The Balaban J connectivity index is 1.67. The zero-order valence-corrected chi connectivity index (χ0v) is 16.2. The summed E-state index contributed by atoms with van der Waals surface area (Å²) in [5.41, 5.74) is 7.37. The number of hydrogen-bond donors (Lipinski definition) is 1. The summed E-state index contributed by atoms with van der Waals surface area (Å²) in [7, 11) is 0. The first-order valence-corrected chi connectivity index (χ1v) is 9.31. The van der Waals surface area contributed by atoms with Crippen LogP contribution in [0.1, 0.15) is 28.4 Å². The highest BCUT2D eigenvalue weighted by atomic mass is 16.2. The molecular weight excluding hydrogens is 374 g/mol. The molecule has 2 aromatic heterocycles. The number of pyridine rings is 2. The second-order valence-electron chi connectivity index (χ2n) is 6.64. The van der Waals surface area contributed by atoms with Crippen molar-refractivity contribution in [3.8, 4) is 17.3 Å². The number of benzene rings is 2. The average molecular weight is 391 g/mol. The molecular formula is C24H17N5O. The fourth-order valence-electron chi connectivity index (χ4n) is 3.07. The van der Waals surface area contributed by atoms with Crippen LogP contribution in [0.4, 0.5) is 0 Å². The van der Waals surface area contributed by atoms with Gasteiger partial charge in [0.2, 0.25) is 0 Å². The van der Waals surface area contributed by atoms with E-state index in [0.29, 0.717) is 22.5 Å². The van der Waals surface area contributed by atoms with Crippen LogP contribution in [0.15, 0.2) is 84.2 Å². The molecule has 1 amide bonds. The van der Waals surface area contributed by atoms with E-state index in [0.717, 1.165) is 22.0 Å². The first-order valence-electron chi connectivity index (χ1n) is 9.31. The number of nitrogens with one attached hydrogen (secondary N) is 1. The number of carbonyl (C=O) groups excluding carboxylic acids is 1. The van der Waals surface area contributed by atoms with Gasteiger partial charge in [-0.3, -0.25) is 9.78 Å². The Hall–Kier alpha value is -4.37. The lowest BCUT2D eigenvalue weighted by atomic mass is 10.0. The lowest BCUT2D eigenvalue weighted by molar-refractivity contribution is 0.0956. The Morgan fingerprint density at radius 3 is 2.60 bits per heavy atom. The molecule has 0 atom stereocenters. The molecule has 1 N–H and O–H groups in total. The van der Waals surface area contributed by atoms with Crippen molar-refractivity contribution in [2.75, 3.05) is 0 Å². The standard InChI is InChI=1S/C24H17N5O/c1-16(18-10-8-17(14-25)9-11-18)28-29-24(30)21-13-23(19-5-4-12-26-15-19)27-22-7-3-2-6-20(21)22/h2-13,15H,1H3,(H,29,30). The van der Waals surface area contributed by atoms with Gasteiger partial charge in [-0.25, -0.2) is 10.4 Å². The number of nitriles is 1. The Bertz CT molecular complexity index is 1290. The largest absolute Gasteiger partial charge is 0.272 e. The number of nitrogens with zero attached hydrogens (tertiary/aromatic N) is 4. The summed E-state index contributed by atoms with van der Waals surface area (Å²) >= 11 is 0. The third-order valence-electron chi connectivity index (χ3n) is 4.68. The molecule has 2 aromatic carbocycles. The first-order chi connectivity index (χ1) is 14.7. The predicted molar refractivity (Wildman–Crippen MR) is 116 cm³/mol. The maximum atomic E-state index is 13.0. The minimum atomic E-state index is -0.327. The number of carbonyl (C=O) groups is 1. The highest BCUT2D eigenvalue weighted by Crippen LogP contribution is 2.24. The highest BCUT2D eigenvalue weighted by molar-refractivity contribution is 6.08. The van der Waals surface area contributed by atoms with Crippen LogP contribution in [0, 0.1) is 11.3 Å². The van der Waals surface area contributed by atoms with E-state index in [-0.39, 0.29) is 5.91 Å². The second kappa shape index (κ2) is 8.33. The zero-order valence-electron chi connectivity index (χ0n) is 16.2. The summed E-state index contributed by atoms with van der Waals surface area (Å²) in [4.78, 5) is 21.8. The summed E-state index contributed by atoms with van der Waals surface area (Å²) in [6.45, 7) is 1.80. The topological polar surface area (TPSA) is 91.0 Å². The van der Waals surface area contributed by atoms with E-state index in [1.807, 2.05) is 36.4 Å². The average Bonchev–Trinajstić information content (AvgIpc) is 2.82. The summed E-state index contributed by atoms with van der Waals surface area (Å²) in [5.74, 6) is -0.327.